The summed E-state index contributed by atoms with van der Waals surface area (Å²) in [7, 11) is 1.45. The molecule has 24 heavy (non-hydrogen) atoms. The van der Waals surface area contributed by atoms with Gasteiger partial charge in [0, 0.05) is 12.6 Å². The van der Waals surface area contributed by atoms with Gasteiger partial charge in [0.15, 0.2) is 5.79 Å². The molecule has 5 heteroatoms. The minimum atomic E-state index is -0.533. The van der Waals surface area contributed by atoms with Crippen LogP contribution in [0.25, 0.3) is 0 Å². The van der Waals surface area contributed by atoms with Crippen LogP contribution in [0, 0.1) is 0 Å². The third-order valence-electron chi connectivity index (χ3n) is 4.98. The van der Waals surface area contributed by atoms with Crippen LogP contribution in [-0.4, -0.2) is 48.6 Å². The molecular formula is C19H27NO4. The first kappa shape index (κ1) is 17.4. The van der Waals surface area contributed by atoms with Crippen molar-refractivity contribution in [2.75, 3.05) is 13.7 Å². The van der Waals surface area contributed by atoms with E-state index in [0.29, 0.717) is 13.0 Å². The number of likely N-dealkylation sites (tertiary alicyclic amines) is 1. The molecule has 0 bridgehead atoms. The van der Waals surface area contributed by atoms with Gasteiger partial charge in [-0.3, -0.25) is 9.69 Å². The molecule has 0 N–H and O–H groups in total. The van der Waals surface area contributed by atoms with Crippen LogP contribution >= 0.6 is 0 Å². The predicted octanol–water partition coefficient (Wildman–Crippen LogP) is 2.73. The molecule has 2 aliphatic heterocycles. The molecule has 0 amide bonds. The summed E-state index contributed by atoms with van der Waals surface area (Å²) in [6.07, 6.45) is 2.44. The van der Waals surface area contributed by atoms with Gasteiger partial charge in [-0.15, -0.1) is 0 Å². The number of fused-ring (bicyclic) bond motifs is 1. The van der Waals surface area contributed by atoms with Gasteiger partial charge in [0.2, 0.25) is 0 Å². The highest BCUT2D eigenvalue weighted by Crippen LogP contribution is 2.35. The highest BCUT2D eigenvalue weighted by atomic mass is 16.7. The Labute approximate surface area is 143 Å². The standard InChI is InChI=1S/C19H27NO4/c1-19(2)23-13-16-17(24-19)10-9-15(11-18(21)22-3)20(16)12-14-7-5-4-6-8-14/h4-8,15-17H,9-13H2,1-3H3/t15-,16-,17+/m0/s1. The second kappa shape index (κ2) is 7.21. The zero-order chi connectivity index (χ0) is 17.2. The van der Waals surface area contributed by atoms with Crippen molar-refractivity contribution >= 4 is 5.97 Å². The van der Waals surface area contributed by atoms with Crippen molar-refractivity contribution in [3.05, 3.63) is 35.9 Å². The van der Waals surface area contributed by atoms with Gasteiger partial charge >= 0.3 is 5.97 Å². The molecule has 0 aromatic heterocycles. The van der Waals surface area contributed by atoms with Gasteiger partial charge in [-0.05, 0) is 32.3 Å². The smallest absolute Gasteiger partial charge is 0.307 e. The van der Waals surface area contributed by atoms with Gasteiger partial charge in [-0.25, -0.2) is 0 Å². The van der Waals surface area contributed by atoms with E-state index in [-0.39, 0.29) is 24.2 Å². The van der Waals surface area contributed by atoms with Crippen molar-refractivity contribution in [1.82, 2.24) is 4.90 Å². The Bertz CT molecular complexity index is 560. The largest absolute Gasteiger partial charge is 0.469 e. The molecule has 3 atom stereocenters. The molecule has 2 fully saturated rings. The van der Waals surface area contributed by atoms with E-state index in [1.807, 2.05) is 32.0 Å². The molecule has 2 heterocycles. The second-order valence-corrected chi connectivity index (χ2v) is 7.10. The molecule has 2 saturated heterocycles. The zero-order valence-corrected chi connectivity index (χ0v) is 14.7. The fraction of sp³-hybridized carbons (Fsp3) is 0.632. The SMILES string of the molecule is COC(=O)C[C@@H]1CC[C@H]2OC(C)(C)OC[C@@H]2N1Cc1ccccc1. The highest BCUT2D eigenvalue weighted by Gasteiger charge is 2.44. The average Bonchev–Trinajstić information content (AvgIpc) is 2.57. The number of ether oxygens (including phenoxy) is 3. The van der Waals surface area contributed by atoms with Crippen LogP contribution in [0.2, 0.25) is 0 Å². The molecule has 1 aromatic rings. The van der Waals surface area contributed by atoms with Gasteiger partial charge in [-0.2, -0.15) is 0 Å². The maximum Gasteiger partial charge on any atom is 0.307 e. The number of methoxy groups -OCH3 is 1. The Morgan fingerprint density at radius 3 is 2.75 bits per heavy atom. The average molecular weight is 333 g/mol. The number of esters is 1. The number of benzene rings is 1. The van der Waals surface area contributed by atoms with Crippen molar-refractivity contribution in [2.24, 2.45) is 0 Å². The van der Waals surface area contributed by atoms with Gasteiger partial charge in [0.25, 0.3) is 0 Å². The Balaban J connectivity index is 1.79. The van der Waals surface area contributed by atoms with E-state index in [9.17, 15) is 4.79 Å². The lowest BCUT2D eigenvalue weighted by Crippen LogP contribution is -2.61. The van der Waals surface area contributed by atoms with Crippen molar-refractivity contribution in [3.8, 4) is 0 Å². The van der Waals surface area contributed by atoms with Crippen LogP contribution in [0.1, 0.15) is 38.7 Å². The maximum absolute atomic E-state index is 11.8. The first-order valence-electron chi connectivity index (χ1n) is 8.67. The molecule has 0 saturated carbocycles. The molecule has 132 valence electrons. The molecule has 2 aliphatic rings. The number of hydrogen-bond donors (Lipinski definition) is 0. The third kappa shape index (κ3) is 3.97. The maximum atomic E-state index is 11.8. The number of piperidine rings is 1. The molecule has 5 nitrogen and oxygen atoms in total. The minimum Gasteiger partial charge on any atom is -0.469 e. The quantitative estimate of drug-likeness (QED) is 0.793. The van der Waals surface area contributed by atoms with Crippen LogP contribution in [0.5, 0.6) is 0 Å². The van der Waals surface area contributed by atoms with Crippen LogP contribution in [-0.2, 0) is 25.5 Å². The van der Waals surface area contributed by atoms with E-state index in [0.717, 1.165) is 19.4 Å². The fourth-order valence-electron chi connectivity index (χ4n) is 3.76. The molecule has 1 aromatic carbocycles. The number of carbonyl (C=O) groups is 1. The Morgan fingerprint density at radius 2 is 2.04 bits per heavy atom. The monoisotopic (exact) mass is 333 g/mol. The molecule has 3 rings (SSSR count). The number of nitrogens with zero attached hydrogens (tertiary/aromatic N) is 1. The summed E-state index contributed by atoms with van der Waals surface area (Å²) >= 11 is 0. The first-order valence-corrected chi connectivity index (χ1v) is 8.67. The summed E-state index contributed by atoms with van der Waals surface area (Å²) in [5.74, 6) is -0.691. The van der Waals surface area contributed by atoms with E-state index in [4.69, 9.17) is 14.2 Å². The van der Waals surface area contributed by atoms with Crippen molar-refractivity contribution in [2.45, 2.75) is 63.6 Å². The van der Waals surface area contributed by atoms with Crippen LogP contribution in [0.4, 0.5) is 0 Å². The van der Waals surface area contributed by atoms with Gasteiger partial charge in [0.05, 0.1) is 32.3 Å². The van der Waals surface area contributed by atoms with E-state index >= 15 is 0 Å². The topological polar surface area (TPSA) is 48.0 Å². The first-order chi connectivity index (χ1) is 11.5. The van der Waals surface area contributed by atoms with Crippen LogP contribution < -0.4 is 0 Å². The Morgan fingerprint density at radius 1 is 1.29 bits per heavy atom. The second-order valence-electron chi connectivity index (χ2n) is 7.10. The summed E-state index contributed by atoms with van der Waals surface area (Å²) in [5, 5.41) is 0. The van der Waals surface area contributed by atoms with Gasteiger partial charge < -0.3 is 14.2 Å². The van der Waals surface area contributed by atoms with Gasteiger partial charge in [0.1, 0.15) is 0 Å². The number of rotatable bonds is 4. The van der Waals surface area contributed by atoms with E-state index in [2.05, 4.69) is 17.0 Å². The van der Waals surface area contributed by atoms with Crippen molar-refractivity contribution < 1.29 is 19.0 Å². The molecule has 0 radical (unpaired) electrons. The van der Waals surface area contributed by atoms with E-state index in [1.165, 1.54) is 12.7 Å². The lowest BCUT2D eigenvalue weighted by atomic mass is 9.89. The van der Waals surface area contributed by atoms with E-state index in [1.54, 1.807) is 0 Å². The zero-order valence-electron chi connectivity index (χ0n) is 14.7. The highest BCUT2D eigenvalue weighted by molar-refractivity contribution is 5.69. The van der Waals surface area contributed by atoms with Crippen molar-refractivity contribution in [1.29, 1.82) is 0 Å². The molecule has 0 aliphatic carbocycles. The van der Waals surface area contributed by atoms with Crippen molar-refractivity contribution in [3.63, 3.8) is 0 Å². The molecule has 0 unspecified atom stereocenters. The third-order valence-corrected chi connectivity index (χ3v) is 4.98. The minimum absolute atomic E-state index is 0.145. The van der Waals surface area contributed by atoms with Crippen LogP contribution in [0.15, 0.2) is 30.3 Å². The summed E-state index contributed by atoms with van der Waals surface area (Å²) in [4.78, 5) is 14.2. The Kier molecular flexibility index (Phi) is 5.23. The Hall–Kier alpha value is -1.43. The number of carbonyl (C=O) groups excluding carboxylic acids is 1. The summed E-state index contributed by atoms with van der Waals surface area (Å²) in [5.41, 5.74) is 1.23. The number of hydrogen-bond acceptors (Lipinski definition) is 5. The summed E-state index contributed by atoms with van der Waals surface area (Å²) in [6.45, 7) is 5.34. The van der Waals surface area contributed by atoms with Gasteiger partial charge in [-0.1, -0.05) is 30.3 Å². The normalized spacial score (nSPS) is 29.7. The molecular weight excluding hydrogens is 306 g/mol. The summed E-state index contributed by atoms with van der Waals surface area (Å²) < 4.78 is 16.9. The predicted molar refractivity (Wildman–Crippen MR) is 90.3 cm³/mol. The van der Waals surface area contributed by atoms with E-state index < -0.39 is 5.79 Å². The fourth-order valence-corrected chi connectivity index (χ4v) is 3.76. The molecule has 0 spiro atoms. The lowest BCUT2D eigenvalue weighted by Gasteiger charge is -2.51. The lowest BCUT2D eigenvalue weighted by molar-refractivity contribution is -0.305. The van der Waals surface area contributed by atoms with Crippen LogP contribution in [0.3, 0.4) is 0 Å². The summed E-state index contributed by atoms with van der Waals surface area (Å²) in [6, 6.07) is 10.7.